The Labute approximate surface area is 157 Å². The maximum absolute atomic E-state index is 12.1. The summed E-state index contributed by atoms with van der Waals surface area (Å²) >= 11 is 0. The Morgan fingerprint density at radius 1 is 1.00 bits per heavy atom. The Balaban J connectivity index is 2.65. The summed E-state index contributed by atoms with van der Waals surface area (Å²) in [7, 11) is 0. The van der Waals surface area contributed by atoms with Crippen LogP contribution in [0, 0.1) is 0 Å². The summed E-state index contributed by atoms with van der Waals surface area (Å²) in [5.74, 6) is -2.91. The monoisotopic (exact) mass is 379 g/mol. The molecule has 0 fully saturated rings. The number of ether oxygens (including phenoxy) is 2. The highest BCUT2D eigenvalue weighted by Gasteiger charge is 2.26. The molecule has 1 aromatic rings. The molecule has 148 valence electrons. The van der Waals surface area contributed by atoms with E-state index in [0.717, 1.165) is 5.56 Å². The van der Waals surface area contributed by atoms with E-state index in [0.29, 0.717) is 0 Å². The van der Waals surface area contributed by atoms with Crippen LogP contribution in [0.2, 0.25) is 0 Å². The molecule has 0 aliphatic rings. The van der Waals surface area contributed by atoms with E-state index in [1.807, 2.05) is 16.9 Å². The number of rotatable bonds is 5. The first-order chi connectivity index (χ1) is 12.6. The number of amides is 3. The first-order valence-corrected chi connectivity index (χ1v) is 8.42. The van der Waals surface area contributed by atoms with Crippen LogP contribution in [-0.2, 0) is 30.3 Å². The summed E-state index contributed by atoms with van der Waals surface area (Å²) in [5, 5.41) is 2.30. The van der Waals surface area contributed by atoms with Gasteiger partial charge in [-0.2, -0.15) is 0 Å². The Bertz CT molecular complexity index is 669. The molecule has 0 saturated heterocycles. The van der Waals surface area contributed by atoms with Gasteiger partial charge in [-0.1, -0.05) is 30.3 Å². The lowest BCUT2D eigenvalue weighted by atomic mass is 10.1. The van der Waals surface area contributed by atoms with Crippen molar-refractivity contribution in [1.29, 1.82) is 0 Å². The molecule has 0 unspecified atom stereocenters. The highest BCUT2D eigenvalue weighted by molar-refractivity contribution is 6.35. The minimum atomic E-state index is -1.15. The van der Waals surface area contributed by atoms with E-state index in [-0.39, 0.29) is 13.0 Å². The maximum Gasteiger partial charge on any atom is 0.426 e. The van der Waals surface area contributed by atoms with Gasteiger partial charge in [0.15, 0.2) is 0 Å². The van der Waals surface area contributed by atoms with E-state index in [1.165, 1.54) is 0 Å². The predicted molar refractivity (Wildman–Crippen MR) is 96.2 cm³/mol. The third-order valence-electron chi connectivity index (χ3n) is 3.04. The van der Waals surface area contributed by atoms with Crippen LogP contribution >= 0.6 is 0 Å². The summed E-state index contributed by atoms with van der Waals surface area (Å²) in [6.07, 6.45) is -0.770. The van der Waals surface area contributed by atoms with Crippen molar-refractivity contribution in [2.45, 2.75) is 45.8 Å². The van der Waals surface area contributed by atoms with Crippen molar-refractivity contribution < 1.29 is 28.7 Å². The molecule has 27 heavy (non-hydrogen) atoms. The van der Waals surface area contributed by atoms with Gasteiger partial charge in [0.1, 0.15) is 11.6 Å². The SMILES string of the molecule is CCOC(=O)[C@H](Cc1ccccc1)NC(=O)C(=O)NNC(=O)OC(C)(C)C. The molecule has 0 spiro atoms. The van der Waals surface area contributed by atoms with Crippen molar-refractivity contribution in [2.75, 3.05) is 6.61 Å². The highest BCUT2D eigenvalue weighted by Crippen LogP contribution is 2.06. The number of hydrogen-bond acceptors (Lipinski definition) is 6. The van der Waals surface area contributed by atoms with Crippen LogP contribution in [0.4, 0.5) is 4.79 Å². The number of hydrazine groups is 1. The number of carbonyl (C=O) groups excluding carboxylic acids is 4. The molecule has 3 amide bonds. The van der Waals surface area contributed by atoms with Gasteiger partial charge in [0.25, 0.3) is 0 Å². The summed E-state index contributed by atoms with van der Waals surface area (Å²) < 4.78 is 9.86. The van der Waals surface area contributed by atoms with Gasteiger partial charge in [-0.15, -0.1) is 0 Å². The van der Waals surface area contributed by atoms with E-state index in [9.17, 15) is 19.2 Å². The Morgan fingerprint density at radius 3 is 2.19 bits per heavy atom. The van der Waals surface area contributed by atoms with Crippen molar-refractivity contribution in [2.24, 2.45) is 0 Å². The van der Waals surface area contributed by atoms with Crippen LogP contribution in [0.5, 0.6) is 0 Å². The van der Waals surface area contributed by atoms with Gasteiger partial charge in [-0.25, -0.2) is 15.0 Å². The lowest BCUT2D eigenvalue weighted by Crippen LogP contribution is -2.53. The van der Waals surface area contributed by atoms with Gasteiger partial charge >= 0.3 is 23.9 Å². The molecule has 0 heterocycles. The molecule has 9 nitrogen and oxygen atoms in total. The van der Waals surface area contributed by atoms with Gasteiger partial charge in [0.05, 0.1) is 6.61 Å². The topological polar surface area (TPSA) is 123 Å². The number of hydrogen-bond donors (Lipinski definition) is 3. The first kappa shape index (κ1) is 21.9. The number of nitrogens with one attached hydrogen (secondary N) is 3. The molecule has 1 aromatic carbocycles. The normalized spacial score (nSPS) is 11.7. The number of esters is 1. The fourth-order valence-corrected chi connectivity index (χ4v) is 1.98. The molecular weight excluding hydrogens is 354 g/mol. The van der Waals surface area contributed by atoms with Crippen LogP contribution in [-0.4, -0.2) is 42.1 Å². The summed E-state index contributed by atoms with van der Waals surface area (Å²) in [6.45, 7) is 6.71. The van der Waals surface area contributed by atoms with Gasteiger partial charge in [-0.3, -0.25) is 15.0 Å². The number of benzene rings is 1. The molecule has 0 bridgehead atoms. The lowest BCUT2D eigenvalue weighted by Gasteiger charge is -2.20. The van der Waals surface area contributed by atoms with E-state index in [2.05, 4.69) is 5.32 Å². The first-order valence-electron chi connectivity index (χ1n) is 8.42. The average Bonchev–Trinajstić information content (AvgIpc) is 2.58. The molecule has 0 aliphatic carbocycles. The predicted octanol–water partition coefficient (Wildman–Crippen LogP) is 0.833. The molecule has 0 saturated carbocycles. The molecule has 1 rings (SSSR count). The van der Waals surface area contributed by atoms with E-state index >= 15 is 0 Å². The fraction of sp³-hybridized carbons (Fsp3) is 0.444. The lowest BCUT2D eigenvalue weighted by molar-refractivity contribution is -0.148. The zero-order valence-electron chi connectivity index (χ0n) is 15.8. The Hall–Kier alpha value is -3.10. The molecule has 0 aliphatic heterocycles. The molecule has 0 radical (unpaired) electrons. The van der Waals surface area contributed by atoms with Crippen LogP contribution in [0.1, 0.15) is 33.3 Å². The molecule has 9 heteroatoms. The largest absolute Gasteiger partial charge is 0.464 e. The quantitative estimate of drug-likeness (QED) is 0.396. The van der Waals surface area contributed by atoms with Gasteiger partial charge < -0.3 is 14.8 Å². The molecular formula is C18H25N3O6. The standard InChI is InChI=1S/C18H25N3O6/c1-5-26-16(24)13(11-12-9-7-6-8-10-12)19-14(22)15(23)20-21-17(25)27-18(2,3)4/h6-10,13H,5,11H2,1-4H3,(H,19,22)(H,20,23)(H,21,25)/t13-/m0/s1. The Morgan fingerprint density at radius 2 is 1.63 bits per heavy atom. The third kappa shape index (κ3) is 8.70. The van der Waals surface area contributed by atoms with Crippen LogP contribution in [0.15, 0.2) is 30.3 Å². The van der Waals surface area contributed by atoms with Crippen molar-refractivity contribution in [1.82, 2.24) is 16.2 Å². The second kappa shape index (κ2) is 10.1. The van der Waals surface area contributed by atoms with E-state index in [4.69, 9.17) is 9.47 Å². The zero-order valence-corrected chi connectivity index (χ0v) is 15.8. The fourth-order valence-electron chi connectivity index (χ4n) is 1.98. The minimum Gasteiger partial charge on any atom is -0.464 e. The summed E-state index contributed by atoms with van der Waals surface area (Å²) in [6, 6.07) is 7.91. The summed E-state index contributed by atoms with van der Waals surface area (Å²) in [5.41, 5.74) is 3.90. The Kier molecular flexibility index (Phi) is 8.25. The minimum absolute atomic E-state index is 0.131. The summed E-state index contributed by atoms with van der Waals surface area (Å²) in [4.78, 5) is 47.4. The van der Waals surface area contributed by atoms with Crippen LogP contribution in [0.25, 0.3) is 0 Å². The van der Waals surface area contributed by atoms with Crippen LogP contribution in [0.3, 0.4) is 0 Å². The van der Waals surface area contributed by atoms with Crippen molar-refractivity contribution in [3.8, 4) is 0 Å². The van der Waals surface area contributed by atoms with Crippen LogP contribution < -0.4 is 16.2 Å². The van der Waals surface area contributed by atoms with Crippen molar-refractivity contribution in [3.05, 3.63) is 35.9 Å². The van der Waals surface area contributed by atoms with Gasteiger partial charge in [0, 0.05) is 6.42 Å². The maximum atomic E-state index is 12.1. The average molecular weight is 379 g/mol. The second-order valence-corrected chi connectivity index (χ2v) is 6.55. The molecule has 3 N–H and O–H groups in total. The smallest absolute Gasteiger partial charge is 0.426 e. The van der Waals surface area contributed by atoms with Crippen molar-refractivity contribution in [3.63, 3.8) is 0 Å². The molecule has 1 atom stereocenters. The van der Waals surface area contributed by atoms with Crippen molar-refractivity contribution >= 4 is 23.9 Å². The van der Waals surface area contributed by atoms with Gasteiger partial charge in [0.2, 0.25) is 0 Å². The van der Waals surface area contributed by atoms with Gasteiger partial charge in [-0.05, 0) is 33.3 Å². The van der Waals surface area contributed by atoms with E-state index in [1.54, 1.807) is 52.0 Å². The van der Waals surface area contributed by atoms with E-state index < -0.39 is 35.5 Å². The second-order valence-electron chi connectivity index (χ2n) is 6.55. The highest BCUT2D eigenvalue weighted by atomic mass is 16.6. The number of carbonyl (C=O) groups is 4. The zero-order chi connectivity index (χ0) is 20.4. The molecule has 0 aromatic heterocycles. The third-order valence-corrected chi connectivity index (χ3v) is 3.04.